The normalized spacial score (nSPS) is 12.1. The van der Waals surface area contributed by atoms with Gasteiger partial charge in [-0.05, 0) is 31.2 Å². The van der Waals surface area contributed by atoms with E-state index in [-0.39, 0.29) is 12.2 Å². The molecule has 2 aromatic rings. The number of aryl methyl sites for hydroxylation is 1. The van der Waals surface area contributed by atoms with Crippen molar-refractivity contribution in [1.29, 1.82) is 0 Å². The first kappa shape index (κ1) is 14.0. The van der Waals surface area contributed by atoms with Crippen molar-refractivity contribution >= 4 is 11.8 Å². The molecule has 1 unspecified atom stereocenters. The lowest BCUT2D eigenvalue weighted by Crippen LogP contribution is -2.14. The van der Waals surface area contributed by atoms with Gasteiger partial charge in [-0.15, -0.1) is 0 Å². The van der Waals surface area contributed by atoms with Gasteiger partial charge in [0.1, 0.15) is 5.82 Å². The number of ketones is 1. The fourth-order valence-electron chi connectivity index (χ4n) is 1.94. The van der Waals surface area contributed by atoms with Crippen molar-refractivity contribution in [1.82, 2.24) is 9.55 Å². The van der Waals surface area contributed by atoms with Crippen LogP contribution in [0.25, 0.3) is 5.69 Å². The first-order valence-electron chi connectivity index (χ1n) is 6.35. The summed E-state index contributed by atoms with van der Waals surface area (Å²) in [4.78, 5) is 26.8. The van der Waals surface area contributed by atoms with Crippen LogP contribution >= 0.6 is 0 Å². The molecule has 5 heteroatoms. The van der Waals surface area contributed by atoms with Crippen LogP contribution < -0.4 is 0 Å². The van der Waals surface area contributed by atoms with Crippen LogP contribution in [0.15, 0.2) is 36.7 Å². The minimum Gasteiger partial charge on any atom is -0.481 e. The highest BCUT2D eigenvalue weighted by Crippen LogP contribution is 2.15. The zero-order chi connectivity index (χ0) is 14.7. The number of hydrogen-bond donors (Lipinski definition) is 1. The highest BCUT2D eigenvalue weighted by Gasteiger charge is 2.17. The molecule has 1 aromatic carbocycles. The van der Waals surface area contributed by atoms with Crippen LogP contribution in [0.1, 0.15) is 29.5 Å². The van der Waals surface area contributed by atoms with Crippen molar-refractivity contribution in [3.63, 3.8) is 0 Å². The van der Waals surface area contributed by atoms with E-state index in [4.69, 9.17) is 5.11 Å². The predicted molar refractivity (Wildman–Crippen MR) is 74.0 cm³/mol. The molecule has 0 aliphatic carbocycles. The quantitative estimate of drug-likeness (QED) is 0.849. The fraction of sp³-hybridized carbons (Fsp3) is 0.267. The molecule has 0 fully saturated rings. The minimum atomic E-state index is -0.955. The van der Waals surface area contributed by atoms with Crippen LogP contribution in [-0.2, 0) is 4.79 Å². The van der Waals surface area contributed by atoms with Crippen molar-refractivity contribution in [2.45, 2.75) is 20.3 Å². The molecule has 2 rings (SSSR count). The molecule has 0 aliphatic heterocycles. The van der Waals surface area contributed by atoms with Gasteiger partial charge in [0.15, 0.2) is 5.78 Å². The molecule has 1 N–H and O–H groups in total. The zero-order valence-corrected chi connectivity index (χ0v) is 11.4. The van der Waals surface area contributed by atoms with Gasteiger partial charge >= 0.3 is 5.97 Å². The van der Waals surface area contributed by atoms with Crippen molar-refractivity contribution < 1.29 is 14.7 Å². The Morgan fingerprint density at radius 1 is 1.30 bits per heavy atom. The highest BCUT2D eigenvalue weighted by atomic mass is 16.4. The van der Waals surface area contributed by atoms with E-state index in [2.05, 4.69) is 4.98 Å². The standard InChI is InChI=1S/C15H16N2O3/c1-10(15(19)20)9-14(18)12-3-5-13(6-4-12)17-8-7-16-11(17)2/h3-8,10H,9H2,1-2H3,(H,19,20). The maximum atomic E-state index is 11.9. The topological polar surface area (TPSA) is 72.2 Å². The van der Waals surface area contributed by atoms with Gasteiger partial charge in [-0.2, -0.15) is 0 Å². The van der Waals surface area contributed by atoms with E-state index in [0.29, 0.717) is 5.56 Å². The first-order valence-corrected chi connectivity index (χ1v) is 6.35. The molecule has 0 saturated heterocycles. The summed E-state index contributed by atoms with van der Waals surface area (Å²) in [6.45, 7) is 3.43. The summed E-state index contributed by atoms with van der Waals surface area (Å²) < 4.78 is 1.91. The van der Waals surface area contributed by atoms with Crippen LogP contribution in [0.3, 0.4) is 0 Å². The molecule has 0 radical (unpaired) electrons. The summed E-state index contributed by atoms with van der Waals surface area (Å²) in [5.41, 5.74) is 1.45. The third-order valence-electron chi connectivity index (χ3n) is 3.21. The zero-order valence-electron chi connectivity index (χ0n) is 11.4. The summed E-state index contributed by atoms with van der Waals surface area (Å²) in [6.07, 6.45) is 3.57. The highest BCUT2D eigenvalue weighted by molar-refractivity contribution is 5.98. The van der Waals surface area contributed by atoms with Gasteiger partial charge in [-0.1, -0.05) is 6.92 Å². The van der Waals surface area contributed by atoms with Gasteiger partial charge in [-0.25, -0.2) is 4.98 Å². The van der Waals surface area contributed by atoms with Gasteiger partial charge < -0.3 is 9.67 Å². The molecular formula is C15H16N2O3. The Hall–Kier alpha value is -2.43. The van der Waals surface area contributed by atoms with Crippen LogP contribution in [0.4, 0.5) is 0 Å². The maximum absolute atomic E-state index is 11.9. The summed E-state index contributed by atoms with van der Waals surface area (Å²) >= 11 is 0. The third kappa shape index (κ3) is 2.93. The number of imidazole rings is 1. The molecule has 0 bridgehead atoms. The van der Waals surface area contributed by atoms with Gasteiger partial charge in [-0.3, -0.25) is 9.59 Å². The Morgan fingerprint density at radius 2 is 1.95 bits per heavy atom. The predicted octanol–water partition coefficient (Wildman–Crippen LogP) is 2.47. The number of rotatable bonds is 5. The molecule has 0 saturated carbocycles. The number of hydrogen-bond acceptors (Lipinski definition) is 3. The Bertz CT molecular complexity index is 629. The monoisotopic (exact) mass is 272 g/mol. The summed E-state index contributed by atoms with van der Waals surface area (Å²) in [7, 11) is 0. The molecule has 20 heavy (non-hydrogen) atoms. The van der Waals surface area contributed by atoms with E-state index in [9.17, 15) is 9.59 Å². The molecule has 5 nitrogen and oxygen atoms in total. The Kier molecular flexibility index (Phi) is 3.98. The number of Topliss-reactive ketones (excluding diaryl/α,β-unsaturated/α-hetero) is 1. The van der Waals surface area contributed by atoms with Crippen molar-refractivity contribution in [2.24, 2.45) is 5.92 Å². The molecule has 0 aliphatic rings. The lowest BCUT2D eigenvalue weighted by atomic mass is 10.00. The smallest absolute Gasteiger partial charge is 0.306 e. The second-order valence-corrected chi connectivity index (χ2v) is 4.76. The number of aromatic nitrogens is 2. The SMILES string of the molecule is Cc1nccn1-c1ccc(C(=O)CC(C)C(=O)O)cc1. The van der Waals surface area contributed by atoms with Crippen LogP contribution in [0.5, 0.6) is 0 Å². The molecule has 1 aromatic heterocycles. The first-order chi connectivity index (χ1) is 9.49. The van der Waals surface area contributed by atoms with Crippen LogP contribution in [-0.4, -0.2) is 26.4 Å². The van der Waals surface area contributed by atoms with E-state index in [1.54, 1.807) is 18.3 Å². The van der Waals surface area contributed by atoms with E-state index in [0.717, 1.165) is 11.5 Å². The molecule has 0 spiro atoms. The third-order valence-corrected chi connectivity index (χ3v) is 3.21. The molecule has 104 valence electrons. The summed E-state index contributed by atoms with van der Waals surface area (Å²) in [5.74, 6) is -0.917. The van der Waals surface area contributed by atoms with E-state index in [1.165, 1.54) is 6.92 Å². The lowest BCUT2D eigenvalue weighted by Gasteiger charge is -2.08. The number of carboxylic acid groups (broad SMARTS) is 1. The second-order valence-electron chi connectivity index (χ2n) is 4.76. The number of aliphatic carboxylic acids is 1. The van der Waals surface area contributed by atoms with Crippen LogP contribution in [0.2, 0.25) is 0 Å². The summed E-state index contributed by atoms with van der Waals surface area (Å²) in [5, 5.41) is 8.81. The fourth-order valence-corrected chi connectivity index (χ4v) is 1.94. The Balaban J connectivity index is 2.14. The average Bonchev–Trinajstić information content (AvgIpc) is 2.85. The maximum Gasteiger partial charge on any atom is 0.306 e. The average molecular weight is 272 g/mol. The van der Waals surface area contributed by atoms with E-state index < -0.39 is 11.9 Å². The number of carbonyl (C=O) groups excluding carboxylic acids is 1. The summed E-state index contributed by atoms with van der Waals surface area (Å²) in [6, 6.07) is 7.08. The lowest BCUT2D eigenvalue weighted by molar-refractivity contribution is -0.141. The van der Waals surface area contributed by atoms with Crippen LogP contribution in [0, 0.1) is 12.8 Å². The van der Waals surface area contributed by atoms with E-state index in [1.807, 2.05) is 29.8 Å². The van der Waals surface area contributed by atoms with Crippen molar-refractivity contribution in [3.05, 3.63) is 48.0 Å². The Labute approximate surface area is 116 Å². The van der Waals surface area contributed by atoms with Gasteiger partial charge in [0.05, 0.1) is 5.92 Å². The van der Waals surface area contributed by atoms with Gasteiger partial charge in [0.25, 0.3) is 0 Å². The molecular weight excluding hydrogens is 256 g/mol. The molecule has 0 amide bonds. The molecule has 1 heterocycles. The largest absolute Gasteiger partial charge is 0.481 e. The number of benzene rings is 1. The van der Waals surface area contributed by atoms with E-state index >= 15 is 0 Å². The van der Waals surface area contributed by atoms with Gasteiger partial charge in [0, 0.05) is 30.1 Å². The Morgan fingerprint density at radius 3 is 2.45 bits per heavy atom. The number of nitrogens with zero attached hydrogens (tertiary/aromatic N) is 2. The number of carbonyl (C=O) groups is 2. The minimum absolute atomic E-state index is 0.0127. The molecule has 1 atom stereocenters. The van der Waals surface area contributed by atoms with Gasteiger partial charge in [0.2, 0.25) is 0 Å². The second kappa shape index (κ2) is 5.69. The van der Waals surface area contributed by atoms with Crippen molar-refractivity contribution in [2.75, 3.05) is 0 Å². The number of carboxylic acids is 1. The van der Waals surface area contributed by atoms with Crippen molar-refractivity contribution in [3.8, 4) is 5.69 Å².